The van der Waals surface area contributed by atoms with Crippen LogP contribution in [0.4, 0.5) is 10.7 Å². The van der Waals surface area contributed by atoms with Crippen molar-refractivity contribution in [2.24, 2.45) is 0 Å². The van der Waals surface area contributed by atoms with Crippen molar-refractivity contribution >= 4 is 44.7 Å². The van der Waals surface area contributed by atoms with Gasteiger partial charge in [0, 0.05) is 21.3 Å². The second-order valence-electron chi connectivity index (χ2n) is 8.86. The van der Waals surface area contributed by atoms with Crippen LogP contribution in [0.15, 0.2) is 97.1 Å². The van der Waals surface area contributed by atoms with Crippen LogP contribution in [0.5, 0.6) is 0 Å². The average Bonchev–Trinajstić information content (AvgIpc) is 3.24. The second kappa shape index (κ2) is 8.44. The van der Waals surface area contributed by atoms with Crippen molar-refractivity contribution in [1.82, 2.24) is 0 Å². The minimum absolute atomic E-state index is 0.0118. The van der Waals surface area contributed by atoms with E-state index in [1.165, 1.54) is 43.0 Å². The Morgan fingerprint density at radius 1 is 0.853 bits per heavy atom. The van der Waals surface area contributed by atoms with Crippen LogP contribution in [0, 0.1) is 6.92 Å². The molecule has 0 radical (unpaired) electrons. The van der Waals surface area contributed by atoms with Crippen molar-refractivity contribution in [3.05, 3.63) is 114 Å². The van der Waals surface area contributed by atoms with E-state index in [1.54, 1.807) is 0 Å². The number of benzene rings is 4. The third-order valence-corrected chi connectivity index (χ3v) is 7.93. The van der Waals surface area contributed by atoms with Gasteiger partial charge < -0.3 is 14.9 Å². The van der Waals surface area contributed by atoms with Crippen molar-refractivity contribution in [1.29, 1.82) is 0 Å². The first-order valence-electron chi connectivity index (χ1n) is 11.5. The van der Waals surface area contributed by atoms with Crippen LogP contribution in [-0.2, 0) is 6.42 Å². The largest absolute Gasteiger partial charge is 0.488 e. The van der Waals surface area contributed by atoms with E-state index in [4.69, 9.17) is 0 Å². The highest BCUT2D eigenvalue weighted by molar-refractivity contribution is 7.23. The first-order chi connectivity index (χ1) is 16.6. The lowest BCUT2D eigenvalue weighted by Crippen LogP contribution is -2.34. The molecule has 2 N–H and O–H groups in total. The Kier molecular flexibility index (Phi) is 5.26. The van der Waals surface area contributed by atoms with Gasteiger partial charge in [-0.15, -0.1) is 11.3 Å². The summed E-state index contributed by atoms with van der Waals surface area (Å²) in [6.07, 6.45) is 0.806. The highest BCUT2D eigenvalue weighted by Crippen LogP contribution is 2.55. The minimum Gasteiger partial charge on any atom is -0.423 e. The highest BCUT2D eigenvalue weighted by Gasteiger charge is 2.36. The van der Waals surface area contributed by atoms with E-state index in [-0.39, 0.29) is 6.04 Å². The standard InChI is InChI=1S/C29H24BNO2S/c1-19-9-5-7-13-25(19)31-26(17-20-10-3-2-4-11-20)24-18-21(30(32)33)15-16-22(24)28-23-12-6-8-14-27(23)34-29(28)31/h2-16,18,26,32-33H,17H2,1H3. The Labute approximate surface area is 203 Å². The van der Waals surface area contributed by atoms with Gasteiger partial charge in [-0.2, -0.15) is 0 Å². The summed E-state index contributed by atoms with van der Waals surface area (Å²) >= 11 is 1.83. The van der Waals surface area contributed by atoms with Crippen LogP contribution in [0.25, 0.3) is 21.2 Å². The number of thiophene rings is 1. The van der Waals surface area contributed by atoms with Crippen LogP contribution >= 0.6 is 11.3 Å². The molecule has 1 unspecified atom stereocenters. The third kappa shape index (κ3) is 3.45. The molecule has 6 rings (SSSR count). The first kappa shape index (κ1) is 21.2. The summed E-state index contributed by atoms with van der Waals surface area (Å²) in [5.41, 5.74) is 7.67. The van der Waals surface area contributed by atoms with Crippen molar-refractivity contribution < 1.29 is 10.0 Å². The van der Waals surface area contributed by atoms with E-state index in [0.29, 0.717) is 5.46 Å². The molecule has 1 aliphatic heterocycles. The SMILES string of the molecule is Cc1ccccc1N1c2sc3ccccc3c2-c2ccc(B(O)O)cc2C1Cc1ccccc1. The van der Waals surface area contributed by atoms with Gasteiger partial charge in [0.05, 0.1) is 6.04 Å². The number of hydrogen-bond acceptors (Lipinski definition) is 4. The molecule has 1 aliphatic rings. The van der Waals surface area contributed by atoms with Crippen LogP contribution in [0.3, 0.4) is 0 Å². The quantitative estimate of drug-likeness (QED) is 0.323. The molecule has 3 nitrogen and oxygen atoms in total. The maximum absolute atomic E-state index is 10.00. The zero-order valence-corrected chi connectivity index (χ0v) is 19.7. The van der Waals surface area contributed by atoms with Crippen molar-refractivity contribution in [2.45, 2.75) is 19.4 Å². The van der Waals surface area contributed by atoms with Gasteiger partial charge >= 0.3 is 7.12 Å². The van der Waals surface area contributed by atoms with Crippen LogP contribution < -0.4 is 10.4 Å². The minimum atomic E-state index is -1.50. The maximum atomic E-state index is 10.00. The normalized spacial score (nSPS) is 14.7. The lowest BCUT2D eigenvalue weighted by atomic mass is 9.76. The fraction of sp³-hybridized carbons (Fsp3) is 0.103. The number of aryl methyl sites for hydroxylation is 1. The highest BCUT2D eigenvalue weighted by atomic mass is 32.1. The lowest BCUT2D eigenvalue weighted by Gasteiger charge is -2.40. The zero-order chi connectivity index (χ0) is 23.2. The monoisotopic (exact) mass is 461 g/mol. The molecular formula is C29H24BNO2S. The molecule has 5 aromatic rings. The summed E-state index contributed by atoms with van der Waals surface area (Å²) < 4.78 is 1.25. The molecule has 1 aromatic heterocycles. The Bertz CT molecular complexity index is 1500. The zero-order valence-electron chi connectivity index (χ0n) is 18.8. The molecule has 0 saturated carbocycles. The number of para-hydroxylation sites is 1. The molecule has 5 heteroatoms. The van der Waals surface area contributed by atoms with Crippen LogP contribution in [0.2, 0.25) is 0 Å². The number of rotatable bonds is 4. The summed E-state index contributed by atoms with van der Waals surface area (Å²) in [7, 11) is -1.50. The van der Waals surface area contributed by atoms with E-state index < -0.39 is 7.12 Å². The van der Waals surface area contributed by atoms with Gasteiger partial charge in [-0.25, -0.2) is 0 Å². The fourth-order valence-corrected chi connectivity index (χ4v) is 6.42. The number of hydrogen-bond donors (Lipinski definition) is 2. The Balaban J connectivity index is 1.67. The summed E-state index contributed by atoms with van der Waals surface area (Å²) in [4.78, 5) is 2.47. The molecule has 0 saturated heterocycles. The van der Waals surface area contributed by atoms with Gasteiger partial charge in [-0.3, -0.25) is 0 Å². The summed E-state index contributed by atoms with van der Waals surface area (Å²) in [6.45, 7) is 2.16. The van der Waals surface area contributed by atoms with Gasteiger partial charge in [-0.1, -0.05) is 84.9 Å². The Morgan fingerprint density at radius 3 is 2.38 bits per heavy atom. The van der Waals surface area contributed by atoms with E-state index in [9.17, 15) is 10.0 Å². The molecule has 4 aromatic carbocycles. The topological polar surface area (TPSA) is 43.7 Å². The molecule has 2 heterocycles. The van der Waals surface area contributed by atoms with E-state index in [0.717, 1.165) is 12.0 Å². The summed E-state index contributed by atoms with van der Waals surface area (Å²) in [5, 5.41) is 22.5. The van der Waals surface area contributed by atoms with Crippen LogP contribution in [0.1, 0.15) is 22.7 Å². The molecule has 0 amide bonds. The summed E-state index contributed by atoms with van der Waals surface area (Å²) in [6, 6.07) is 33.5. The maximum Gasteiger partial charge on any atom is 0.488 e. The number of fused-ring (bicyclic) bond motifs is 5. The summed E-state index contributed by atoms with van der Waals surface area (Å²) in [5.74, 6) is 0. The molecule has 166 valence electrons. The van der Waals surface area contributed by atoms with Gasteiger partial charge in [0.2, 0.25) is 0 Å². The molecule has 0 bridgehead atoms. The van der Waals surface area contributed by atoms with Crippen molar-refractivity contribution in [3.8, 4) is 11.1 Å². The molecule has 1 atom stereocenters. The smallest absolute Gasteiger partial charge is 0.423 e. The molecule has 0 aliphatic carbocycles. The Hall–Kier alpha value is -3.38. The Morgan fingerprint density at radius 2 is 1.59 bits per heavy atom. The van der Waals surface area contributed by atoms with Gasteiger partial charge in [0.25, 0.3) is 0 Å². The van der Waals surface area contributed by atoms with E-state index in [2.05, 4.69) is 90.7 Å². The number of anilines is 2. The van der Waals surface area contributed by atoms with Gasteiger partial charge in [-0.05, 0) is 53.2 Å². The second-order valence-corrected chi connectivity index (χ2v) is 9.89. The van der Waals surface area contributed by atoms with Gasteiger partial charge in [0.1, 0.15) is 5.00 Å². The predicted molar refractivity (Wildman–Crippen MR) is 143 cm³/mol. The van der Waals surface area contributed by atoms with Crippen molar-refractivity contribution in [3.63, 3.8) is 0 Å². The molecule has 34 heavy (non-hydrogen) atoms. The molecular weight excluding hydrogens is 437 g/mol. The number of nitrogens with zero attached hydrogens (tertiary/aromatic N) is 1. The third-order valence-electron chi connectivity index (χ3n) is 6.76. The fourth-order valence-electron chi connectivity index (χ4n) is 5.14. The van der Waals surface area contributed by atoms with E-state index in [1.807, 2.05) is 29.5 Å². The van der Waals surface area contributed by atoms with E-state index >= 15 is 0 Å². The van der Waals surface area contributed by atoms with Gasteiger partial charge in [0.15, 0.2) is 0 Å². The molecule has 0 fully saturated rings. The predicted octanol–water partition coefficient (Wildman–Crippen LogP) is 5.99. The van der Waals surface area contributed by atoms with Crippen molar-refractivity contribution in [2.75, 3.05) is 4.90 Å². The average molecular weight is 461 g/mol. The molecule has 0 spiro atoms. The first-order valence-corrected chi connectivity index (χ1v) is 12.3. The lowest BCUT2D eigenvalue weighted by molar-refractivity contribution is 0.425. The van der Waals surface area contributed by atoms with Crippen LogP contribution in [-0.4, -0.2) is 17.2 Å².